The van der Waals surface area contributed by atoms with Gasteiger partial charge >= 0.3 is 24.2 Å². The molecule has 0 bridgehead atoms. The number of anilines is 3. The predicted molar refractivity (Wildman–Crippen MR) is 282 cm³/mol. The van der Waals surface area contributed by atoms with E-state index in [2.05, 4.69) is 35.3 Å². The van der Waals surface area contributed by atoms with Crippen LogP contribution in [0, 0.1) is 5.82 Å². The van der Waals surface area contributed by atoms with E-state index < -0.39 is 76.4 Å². The number of hydrogen-bond donors (Lipinski definition) is 3. The zero-order valence-electron chi connectivity index (χ0n) is 43.5. The number of benzene rings is 4. The molecule has 6 rings (SSSR count). The van der Waals surface area contributed by atoms with E-state index in [0.29, 0.717) is 40.3 Å². The predicted octanol–water partition coefficient (Wildman–Crippen LogP) is 11.3. The molecule has 0 spiro atoms. The van der Waals surface area contributed by atoms with Gasteiger partial charge in [-0.05, 0) is 138 Å². The molecular formula is C54H66FN5O12SSi. The van der Waals surface area contributed by atoms with Crippen molar-refractivity contribution in [2.45, 2.75) is 133 Å². The highest BCUT2D eigenvalue weighted by atomic mass is 32.2. The van der Waals surface area contributed by atoms with Crippen LogP contribution < -0.4 is 20.3 Å². The number of halogens is 1. The number of aliphatic carboxylic acids is 1. The van der Waals surface area contributed by atoms with Gasteiger partial charge in [0.05, 0.1) is 29.5 Å². The number of nitrogens with zero attached hydrogens (tertiary/aromatic N) is 3. The van der Waals surface area contributed by atoms with Crippen LogP contribution in [-0.2, 0) is 53.2 Å². The number of imide groups is 1. The summed E-state index contributed by atoms with van der Waals surface area (Å²) >= 11 is 0. The molecule has 396 valence electrons. The van der Waals surface area contributed by atoms with Crippen LogP contribution in [0.4, 0.5) is 36.0 Å². The first kappa shape index (κ1) is 56.2. The SMILES string of the molecule is CN(Cc1cc(NC(=O)CCc2cc(C(Nc3ccc4c(N(C(=O)OC(C)(C)C)C(=O)OC(C)(C)C)ncc(F)c4c3)C(=O)O)ccc2OCc2ccccc2)ccc1S(=O)(=O)C1CC1)C(=O)OCC[Si](C)(C)C. The molecule has 5 aromatic rings. The Morgan fingerprint density at radius 2 is 1.47 bits per heavy atom. The number of pyridine rings is 1. The van der Waals surface area contributed by atoms with Crippen LogP contribution >= 0.6 is 0 Å². The minimum atomic E-state index is -3.69. The van der Waals surface area contributed by atoms with Gasteiger partial charge in [-0.15, -0.1) is 0 Å². The van der Waals surface area contributed by atoms with Gasteiger partial charge in [0.15, 0.2) is 21.7 Å². The summed E-state index contributed by atoms with van der Waals surface area (Å²) in [6, 6.07) is 22.2. The normalized spacial score (nSPS) is 13.3. The van der Waals surface area contributed by atoms with E-state index in [1.807, 2.05) is 30.3 Å². The molecule has 4 aromatic carbocycles. The van der Waals surface area contributed by atoms with Crippen LogP contribution in [0.3, 0.4) is 0 Å². The summed E-state index contributed by atoms with van der Waals surface area (Å²) in [7, 11) is -3.65. The average molecular weight is 1060 g/mol. The highest BCUT2D eigenvalue weighted by Gasteiger charge is 2.39. The van der Waals surface area contributed by atoms with Crippen molar-refractivity contribution in [3.05, 3.63) is 119 Å². The molecule has 1 heterocycles. The van der Waals surface area contributed by atoms with E-state index >= 15 is 4.39 Å². The van der Waals surface area contributed by atoms with Crippen LogP contribution in [0.15, 0.2) is 96.0 Å². The topological polar surface area (TPSA) is 220 Å². The van der Waals surface area contributed by atoms with Crippen molar-refractivity contribution < 1.29 is 60.8 Å². The zero-order valence-corrected chi connectivity index (χ0v) is 45.4. The van der Waals surface area contributed by atoms with Crippen molar-refractivity contribution in [3.8, 4) is 5.75 Å². The second kappa shape index (κ2) is 23.0. The molecule has 4 amide bonds. The van der Waals surface area contributed by atoms with Gasteiger partial charge in [0.2, 0.25) is 5.91 Å². The van der Waals surface area contributed by atoms with Crippen LogP contribution in [0.5, 0.6) is 5.75 Å². The number of nitrogens with one attached hydrogen (secondary N) is 2. The monoisotopic (exact) mass is 1060 g/mol. The highest BCUT2D eigenvalue weighted by molar-refractivity contribution is 7.92. The molecule has 20 heteroatoms. The lowest BCUT2D eigenvalue weighted by Gasteiger charge is -2.28. The molecule has 1 aromatic heterocycles. The summed E-state index contributed by atoms with van der Waals surface area (Å²) in [6.45, 7) is 16.5. The summed E-state index contributed by atoms with van der Waals surface area (Å²) in [5.41, 5.74) is 0.353. The molecule has 0 aliphatic heterocycles. The second-order valence-corrected chi connectivity index (χ2v) is 29.3. The Kier molecular flexibility index (Phi) is 17.5. The third kappa shape index (κ3) is 15.5. The summed E-state index contributed by atoms with van der Waals surface area (Å²) in [5.74, 6) is -2.45. The van der Waals surface area contributed by atoms with Crippen LogP contribution in [0.1, 0.15) is 89.1 Å². The van der Waals surface area contributed by atoms with Gasteiger partial charge in [0, 0.05) is 43.7 Å². The van der Waals surface area contributed by atoms with E-state index in [1.165, 1.54) is 42.3 Å². The standard InChI is InChI=1S/C54H66FN5O12SSi/c1-53(2,3)71-51(65)60(52(66)72-54(4,5)6)48-41-22-18-39(30-42(41)43(55)31-56-48)58-47(49(62)63)36-16-23-44(70-33-34-14-12-11-13-15-34)35(28-36)17-25-46(61)57-38-19-24-45(73(67,68)40-20-21-40)37(29-38)32-59(7)50(64)69-26-27-74(8,9)10/h11-16,18-19,22-24,28-31,40,47,58H,17,20-21,25-27,32-33H2,1-10H3,(H,57,61)(H,62,63). The molecule has 1 aliphatic rings. The van der Waals surface area contributed by atoms with Gasteiger partial charge in [0.25, 0.3) is 0 Å². The number of carboxylic acid groups (broad SMARTS) is 1. The third-order valence-corrected chi connectivity index (χ3v) is 15.5. The smallest absolute Gasteiger partial charge is 0.425 e. The lowest BCUT2D eigenvalue weighted by molar-refractivity contribution is -0.138. The van der Waals surface area contributed by atoms with Crippen LogP contribution in [0.2, 0.25) is 25.7 Å². The Morgan fingerprint density at radius 3 is 2.08 bits per heavy atom. The van der Waals surface area contributed by atoms with Crippen molar-refractivity contribution in [1.29, 1.82) is 0 Å². The molecular weight excluding hydrogens is 990 g/mol. The van der Waals surface area contributed by atoms with Crippen LogP contribution in [-0.4, -0.2) is 91.7 Å². The maximum atomic E-state index is 15.7. The molecule has 1 fully saturated rings. The zero-order chi connectivity index (χ0) is 54.3. The summed E-state index contributed by atoms with van der Waals surface area (Å²) < 4.78 is 65.5. The molecule has 1 saturated carbocycles. The highest BCUT2D eigenvalue weighted by Crippen LogP contribution is 2.37. The maximum absolute atomic E-state index is 15.7. The lowest BCUT2D eigenvalue weighted by atomic mass is 9.99. The number of fused-ring (bicyclic) bond motifs is 1. The number of aryl methyl sites for hydroxylation is 1. The van der Waals surface area contributed by atoms with Gasteiger partial charge < -0.3 is 39.6 Å². The quantitative estimate of drug-likeness (QED) is 0.0517. The van der Waals surface area contributed by atoms with Gasteiger partial charge in [0.1, 0.15) is 29.4 Å². The van der Waals surface area contributed by atoms with Crippen molar-refractivity contribution in [3.63, 3.8) is 0 Å². The van der Waals surface area contributed by atoms with E-state index in [4.69, 9.17) is 18.9 Å². The van der Waals surface area contributed by atoms with Crippen molar-refractivity contribution in [1.82, 2.24) is 9.88 Å². The molecule has 17 nitrogen and oxygen atoms in total. The van der Waals surface area contributed by atoms with Crippen molar-refractivity contribution in [2.24, 2.45) is 0 Å². The third-order valence-electron chi connectivity index (χ3n) is 11.4. The number of sulfone groups is 1. The fraction of sp³-hybridized carbons (Fsp3) is 0.407. The Hall–Kier alpha value is -7.06. The molecule has 1 aliphatic carbocycles. The first-order valence-corrected chi connectivity index (χ1v) is 29.5. The minimum Gasteiger partial charge on any atom is -0.489 e. The fourth-order valence-electron chi connectivity index (χ4n) is 7.59. The summed E-state index contributed by atoms with van der Waals surface area (Å²) in [4.78, 5) is 72.8. The fourth-order valence-corrected chi connectivity index (χ4v) is 10.2. The van der Waals surface area contributed by atoms with Crippen molar-refractivity contribution in [2.75, 3.05) is 29.2 Å². The first-order valence-electron chi connectivity index (χ1n) is 24.3. The summed E-state index contributed by atoms with van der Waals surface area (Å²) in [6.07, 6.45) is -0.947. The molecule has 0 saturated heterocycles. The molecule has 1 unspecified atom stereocenters. The Bertz CT molecular complexity index is 2980. The number of carboxylic acids is 1. The Labute approximate surface area is 432 Å². The Morgan fingerprint density at radius 1 is 0.824 bits per heavy atom. The van der Waals surface area contributed by atoms with Crippen LogP contribution in [0.25, 0.3) is 10.8 Å². The number of hydrogen-bond acceptors (Lipinski definition) is 13. The number of aromatic nitrogens is 1. The second-order valence-electron chi connectivity index (χ2n) is 21.4. The number of amides is 4. The van der Waals surface area contributed by atoms with Gasteiger partial charge in [-0.1, -0.05) is 56.0 Å². The minimum absolute atomic E-state index is 0.0234. The van der Waals surface area contributed by atoms with E-state index in [9.17, 15) is 37.5 Å². The van der Waals surface area contributed by atoms with E-state index in [1.54, 1.807) is 65.8 Å². The largest absolute Gasteiger partial charge is 0.489 e. The Balaban J connectivity index is 1.26. The number of ether oxygens (including phenoxy) is 4. The lowest BCUT2D eigenvalue weighted by Crippen LogP contribution is -2.44. The maximum Gasteiger partial charge on any atom is 0.425 e. The van der Waals surface area contributed by atoms with E-state index in [0.717, 1.165) is 17.8 Å². The van der Waals surface area contributed by atoms with Gasteiger partial charge in [-0.25, -0.2) is 37.0 Å². The number of rotatable bonds is 19. The molecule has 0 radical (unpaired) electrons. The average Bonchev–Trinajstić information content (AvgIpc) is 4.16. The molecule has 1 atom stereocenters. The number of carbonyl (C=O) groups is 5. The molecule has 74 heavy (non-hydrogen) atoms. The van der Waals surface area contributed by atoms with Gasteiger partial charge in [-0.3, -0.25) is 4.79 Å². The first-order chi connectivity index (χ1) is 34.6. The van der Waals surface area contributed by atoms with Crippen molar-refractivity contribution >= 4 is 76.0 Å². The van der Waals surface area contributed by atoms with Gasteiger partial charge in [-0.2, -0.15) is 4.90 Å². The number of carbonyl (C=O) groups excluding carboxylic acids is 4. The molecule has 3 N–H and O–H groups in total. The van der Waals surface area contributed by atoms with E-state index in [-0.39, 0.29) is 65.3 Å². The summed E-state index contributed by atoms with van der Waals surface area (Å²) in [5, 5.41) is 15.9.